The van der Waals surface area contributed by atoms with Gasteiger partial charge in [0.05, 0.1) is 5.88 Å². The van der Waals surface area contributed by atoms with E-state index in [2.05, 4.69) is 10.5 Å². The number of rotatable bonds is 0. The van der Waals surface area contributed by atoms with E-state index in [0.29, 0.717) is 0 Å². The summed E-state index contributed by atoms with van der Waals surface area (Å²) in [6, 6.07) is 0. The van der Waals surface area contributed by atoms with E-state index in [9.17, 15) is 0 Å². The van der Waals surface area contributed by atoms with E-state index in [0.717, 1.165) is 11.0 Å². The fourth-order valence-corrected chi connectivity index (χ4v) is 1.10. The molecule has 8 heavy (non-hydrogen) atoms. The second-order valence-corrected chi connectivity index (χ2v) is 2.68. The Morgan fingerprint density at radius 3 is 2.75 bits per heavy atom. The van der Waals surface area contributed by atoms with Crippen LogP contribution in [0.2, 0.25) is 0 Å². The molecule has 0 bridgehead atoms. The van der Waals surface area contributed by atoms with Gasteiger partial charge < -0.3 is 4.90 Å². The van der Waals surface area contributed by atoms with E-state index in [1.807, 2.05) is 19.0 Å². The van der Waals surface area contributed by atoms with Crippen molar-refractivity contribution in [1.29, 1.82) is 0 Å². The van der Waals surface area contributed by atoms with Crippen molar-refractivity contribution in [3.63, 3.8) is 0 Å². The number of thioether (sulfide) groups is 1. The molecule has 1 aliphatic rings. The zero-order valence-corrected chi connectivity index (χ0v) is 5.83. The fourth-order valence-electron chi connectivity index (χ4n) is 0.458. The predicted molar refractivity (Wildman–Crippen MR) is 36.7 cm³/mol. The highest BCUT2D eigenvalue weighted by atomic mass is 32.2. The Morgan fingerprint density at radius 2 is 2.50 bits per heavy atom. The van der Waals surface area contributed by atoms with Crippen LogP contribution in [0.3, 0.4) is 0 Å². The minimum Gasteiger partial charge on any atom is -0.356 e. The molecule has 0 saturated heterocycles. The number of hydrazone groups is 1. The summed E-state index contributed by atoms with van der Waals surface area (Å²) < 4.78 is 0. The van der Waals surface area contributed by atoms with Crippen molar-refractivity contribution < 1.29 is 0 Å². The van der Waals surface area contributed by atoms with Crippen molar-refractivity contribution in [1.82, 2.24) is 10.3 Å². The maximum absolute atomic E-state index is 3.99. The number of nitrogens with zero attached hydrogens (tertiary/aromatic N) is 2. The summed E-state index contributed by atoms with van der Waals surface area (Å²) in [5.41, 5.74) is 2.86. The Bertz CT molecular complexity index is 110. The van der Waals surface area contributed by atoms with Crippen LogP contribution in [0.25, 0.3) is 0 Å². The molecule has 1 N–H and O–H groups in total. The first-order valence-corrected chi connectivity index (χ1v) is 3.40. The van der Waals surface area contributed by atoms with Gasteiger partial charge in [0.15, 0.2) is 5.17 Å². The first-order valence-electron chi connectivity index (χ1n) is 2.41. The van der Waals surface area contributed by atoms with Crippen LogP contribution < -0.4 is 5.43 Å². The fraction of sp³-hybridized carbons (Fsp3) is 0.750. The molecule has 0 unspecified atom stereocenters. The van der Waals surface area contributed by atoms with Crippen molar-refractivity contribution in [2.45, 2.75) is 0 Å². The summed E-state index contributed by atoms with van der Waals surface area (Å²) in [6.07, 6.45) is 0. The van der Waals surface area contributed by atoms with Crippen molar-refractivity contribution in [3.05, 3.63) is 0 Å². The van der Waals surface area contributed by atoms with Gasteiger partial charge in [0.2, 0.25) is 0 Å². The quantitative estimate of drug-likeness (QED) is 0.506. The summed E-state index contributed by atoms with van der Waals surface area (Å²) in [6.45, 7) is 0. The minimum atomic E-state index is 0.910. The van der Waals surface area contributed by atoms with Gasteiger partial charge in [-0.1, -0.05) is 11.8 Å². The molecule has 0 aliphatic carbocycles. The van der Waals surface area contributed by atoms with Gasteiger partial charge in [-0.3, -0.25) is 5.43 Å². The lowest BCUT2D eigenvalue weighted by molar-refractivity contribution is 0.630. The van der Waals surface area contributed by atoms with Crippen LogP contribution in [0.15, 0.2) is 5.10 Å². The van der Waals surface area contributed by atoms with Gasteiger partial charge in [-0.25, -0.2) is 0 Å². The Labute approximate surface area is 53.1 Å². The third kappa shape index (κ3) is 1.06. The van der Waals surface area contributed by atoms with Crippen LogP contribution >= 0.6 is 11.8 Å². The number of hydrogen-bond donors (Lipinski definition) is 1. The summed E-state index contributed by atoms with van der Waals surface area (Å²) >= 11 is 1.72. The van der Waals surface area contributed by atoms with E-state index in [1.54, 1.807) is 11.8 Å². The van der Waals surface area contributed by atoms with E-state index >= 15 is 0 Å². The van der Waals surface area contributed by atoms with Gasteiger partial charge in [-0.05, 0) is 0 Å². The SMILES string of the molecule is CN(C)C1=NNCS1. The van der Waals surface area contributed by atoms with Gasteiger partial charge in [0.25, 0.3) is 0 Å². The third-order valence-electron chi connectivity index (χ3n) is 0.823. The molecule has 0 radical (unpaired) electrons. The van der Waals surface area contributed by atoms with Crippen molar-refractivity contribution in [2.75, 3.05) is 20.0 Å². The molecule has 1 rings (SSSR count). The predicted octanol–water partition coefficient (Wildman–Crippen LogP) is 0.113. The van der Waals surface area contributed by atoms with Gasteiger partial charge >= 0.3 is 0 Å². The second-order valence-electron chi connectivity index (χ2n) is 1.74. The second kappa shape index (κ2) is 2.26. The molecule has 0 aromatic rings. The summed E-state index contributed by atoms with van der Waals surface area (Å²) in [5.74, 6) is 0.910. The first-order chi connectivity index (χ1) is 3.80. The molecule has 1 heterocycles. The zero-order valence-electron chi connectivity index (χ0n) is 5.01. The van der Waals surface area contributed by atoms with Gasteiger partial charge in [0.1, 0.15) is 0 Å². The molecule has 4 heteroatoms. The highest BCUT2D eigenvalue weighted by Crippen LogP contribution is 2.08. The van der Waals surface area contributed by atoms with E-state index in [1.165, 1.54) is 0 Å². The third-order valence-corrected chi connectivity index (χ3v) is 1.81. The average Bonchev–Trinajstić information content (AvgIpc) is 2.12. The average molecular weight is 131 g/mol. The lowest BCUT2D eigenvalue weighted by Gasteiger charge is -2.07. The molecule has 3 nitrogen and oxygen atoms in total. The first kappa shape index (κ1) is 5.75. The number of nitrogens with one attached hydrogen (secondary N) is 1. The molecule has 0 atom stereocenters. The number of hydrogen-bond acceptors (Lipinski definition) is 4. The lowest BCUT2D eigenvalue weighted by atomic mass is 10.9. The van der Waals surface area contributed by atoms with Crippen LogP contribution in [0, 0.1) is 0 Å². The highest BCUT2D eigenvalue weighted by molar-refractivity contribution is 8.14. The van der Waals surface area contributed by atoms with Crippen LogP contribution in [-0.2, 0) is 0 Å². The molecule has 0 spiro atoms. The summed E-state index contributed by atoms with van der Waals surface area (Å²) in [5, 5.41) is 5.05. The Morgan fingerprint density at radius 1 is 1.75 bits per heavy atom. The maximum atomic E-state index is 3.99. The maximum Gasteiger partial charge on any atom is 0.184 e. The van der Waals surface area contributed by atoms with Crippen LogP contribution in [-0.4, -0.2) is 30.0 Å². The summed E-state index contributed by atoms with van der Waals surface area (Å²) in [7, 11) is 3.97. The minimum absolute atomic E-state index is 0.910. The van der Waals surface area contributed by atoms with Crippen molar-refractivity contribution in [2.24, 2.45) is 5.10 Å². The van der Waals surface area contributed by atoms with E-state index < -0.39 is 0 Å². The highest BCUT2D eigenvalue weighted by Gasteiger charge is 2.06. The molecule has 0 amide bonds. The largest absolute Gasteiger partial charge is 0.356 e. The van der Waals surface area contributed by atoms with Crippen LogP contribution in [0.5, 0.6) is 0 Å². The van der Waals surface area contributed by atoms with Crippen LogP contribution in [0.4, 0.5) is 0 Å². The molecule has 1 aliphatic heterocycles. The van der Waals surface area contributed by atoms with Gasteiger partial charge in [-0.2, -0.15) is 5.10 Å². The monoisotopic (exact) mass is 131 g/mol. The van der Waals surface area contributed by atoms with Crippen LogP contribution in [0.1, 0.15) is 0 Å². The standard InChI is InChI=1S/C4H9N3S/c1-7(2)4-6-5-3-8-4/h5H,3H2,1-2H3. The number of amidine groups is 1. The normalized spacial score (nSPS) is 17.5. The van der Waals surface area contributed by atoms with E-state index in [4.69, 9.17) is 0 Å². The molecular weight excluding hydrogens is 122 g/mol. The Hall–Kier alpha value is -0.380. The van der Waals surface area contributed by atoms with Gasteiger partial charge in [0, 0.05) is 14.1 Å². The Balaban J connectivity index is 2.45. The molecule has 0 aromatic carbocycles. The molecule has 0 fully saturated rings. The lowest BCUT2D eigenvalue weighted by Crippen LogP contribution is -2.16. The Kier molecular flexibility index (Phi) is 1.62. The van der Waals surface area contributed by atoms with Crippen molar-refractivity contribution in [3.8, 4) is 0 Å². The van der Waals surface area contributed by atoms with Crippen molar-refractivity contribution >= 4 is 16.9 Å². The van der Waals surface area contributed by atoms with Gasteiger partial charge in [-0.15, -0.1) is 0 Å². The molecule has 46 valence electrons. The molecule has 0 aromatic heterocycles. The molecular formula is C4H9N3S. The molecule has 0 saturated carbocycles. The summed E-state index contributed by atoms with van der Waals surface area (Å²) in [4.78, 5) is 1.99. The smallest absolute Gasteiger partial charge is 0.184 e. The topological polar surface area (TPSA) is 27.6 Å². The zero-order chi connectivity index (χ0) is 5.98. The van der Waals surface area contributed by atoms with E-state index in [-0.39, 0.29) is 0 Å².